The lowest BCUT2D eigenvalue weighted by atomic mass is 10.0. The number of urea groups is 1. The van der Waals surface area contributed by atoms with Crippen LogP contribution in [0, 0.1) is 12.8 Å². The van der Waals surface area contributed by atoms with E-state index in [1.807, 2.05) is 31.2 Å². The van der Waals surface area contributed by atoms with Gasteiger partial charge in [-0.2, -0.15) is 0 Å². The molecule has 0 spiro atoms. The summed E-state index contributed by atoms with van der Waals surface area (Å²) in [6, 6.07) is 16.9. The van der Waals surface area contributed by atoms with E-state index in [1.165, 1.54) is 11.1 Å². The molecule has 2 heterocycles. The molecule has 1 saturated heterocycles. The van der Waals surface area contributed by atoms with Gasteiger partial charge in [0.15, 0.2) is 0 Å². The Morgan fingerprint density at radius 3 is 2.66 bits per heavy atom. The van der Waals surface area contributed by atoms with Crippen molar-refractivity contribution in [3.63, 3.8) is 0 Å². The Morgan fingerprint density at radius 2 is 1.92 bits per heavy atom. The van der Waals surface area contributed by atoms with Gasteiger partial charge >= 0.3 is 12.0 Å². The highest BCUT2D eigenvalue weighted by molar-refractivity contribution is 6.01. The minimum absolute atomic E-state index is 0.00665. The van der Waals surface area contributed by atoms with E-state index in [-0.39, 0.29) is 31.3 Å². The van der Waals surface area contributed by atoms with Crippen molar-refractivity contribution in [1.82, 2.24) is 15.6 Å². The highest BCUT2D eigenvalue weighted by Crippen LogP contribution is 2.28. The summed E-state index contributed by atoms with van der Waals surface area (Å²) in [6.07, 6.45) is 2.76. The maximum absolute atomic E-state index is 13.0. The van der Waals surface area contributed by atoms with Crippen LogP contribution in [-0.4, -0.2) is 40.5 Å². The Labute approximate surface area is 220 Å². The topological polar surface area (TPSA) is 141 Å². The average molecular weight is 516 g/mol. The van der Waals surface area contributed by atoms with Crippen LogP contribution in [0.1, 0.15) is 35.6 Å². The van der Waals surface area contributed by atoms with Gasteiger partial charge in [-0.3, -0.25) is 19.4 Å². The fourth-order valence-electron chi connectivity index (χ4n) is 4.36. The smallest absolute Gasteiger partial charge is 0.319 e. The minimum atomic E-state index is -1.06. The zero-order chi connectivity index (χ0) is 27.1. The lowest BCUT2D eigenvalue weighted by Gasteiger charge is -2.20. The maximum atomic E-state index is 13.0. The van der Waals surface area contributed by atoms with Gasteiger partial charge in [-0.05, 0) is 42.3 Å². The summed E-state index contributed by atoms with van der Waals surface area (Å²) in [5.41, 5.74) is 3.72. The number of aryl methyl sites for hydroxylation is 1. The number of carbonyl (C=O) groups excluding carboxylic acids is 3. The van der Waals surface area contributed by atoms with Crippen molar-refractivity contribution in [3.8, 4) is 0 Å². The zero-order valence-corrected chi connectivity index (χ0v) is 20.9. The molecule has 4 rings (SSSR count). The van der Waals surface area contributed by atoms with E-state index in [0.29, 0.717) is 23.5 Å². The zero-order valence-electron chi connectivity index (χ0n) is 20.9. The van der Waals surface area contributed by atoms with E-state index in [1.54, 1.807) is 42.6 Å². The highest BCUT2D eigenvalue weighted by atomic mass is 16.4. The molecule has 1 aliphatic rings. The Hall–Kier alpha value is -4.73. The van der Waals surface area contributed by atoms with Crippen LogP contribution in [0.3, 0.4) is 0 Å². The summed E-state index contributed by atoms with van der Waals surface area (Å²) < 4.78 is 0. The SMILES string of the molecule is Cc1cccc(CNC(=O)Nc2cccc(N3CC(C(=O)NC(CC(=O)O)c4cccnc4)CC3=O)c2)c1. The van der Waals surface area contributed by atoms with Crippen LogP contribution in [0.25, 0.3) is 0 Å². The minimum Gasteiger partial charge on any atom is -0.481 e. The summed E-state index contributed by atoms with van der Waals surface area (Å²) in [5.74, 6) is -2.34. The Kier molecular flexibility index (Phi) is 8.32. The quantitative estimate of drug-likeness (QED) is 0.344. The number of anilines is 2. The third kappa shape index (κ3) is 6.94. The number of hydrogen-bond acceptors (Lipinski definition) is 5. The van der Waals surface area contributed by atoms with Gasteiger partial charge in [-0.1, -0.05) is 42.0 Å². The number of hydrogen-bond donors (Lipinski definition) is 4. The number of aliphatic carboxylic acids is 1. The van der Waals surface area contributed by atoms with E-state index in [2.05, 4.69) is 20.9 Å². The van der Waals surface area contributed by atoms with E-state index in [0.717, 1.165) is 11.1 Å². The molecule has 38 heavy (non-hydrogen) atoms. The summed E-state index contributed by atoms with van der Waals surface area (Å²) in [5, 5.41) is 17.6. The van der Waals surface area contributed by atoms with Crippen LogP contribution in [0.2, 0.25) is 0 Å². The number of carbonyl (C=O) groups is 4. The normalized spacial score (nSPS) is 15.6. The summed E-state index contributed by atoms with van der Waals surface area (Å²) in [6.45, 7) is 2.50. The Balaban J connectivity index is 1.37. The molecular weight excluding hydrogens is 486 g/mol. The number of carboxylic acids is 1. The van der Waals surface area contributed by atoms with Crippen molar-refractivity contribution >= 4 is 35.2 Å². The third-order valence-corrected chi connectivity index (χ3v) is 6.23. The standard InChI is InChI=1S/C28H29N5O5/c1-18-5-2-6-19(11-18)15-30-28(38)31-22-8-3-9-23(13-22)33-17-21(12-25(33)34)27(37)32-24(14-26(35)36)20-7-4-10-29-16-20/h2-11,13,16,21,24H,12,14-15,17H2,1H3,(H,32,37)(H,35,36)(H2,30,31,38). The molecule has 0 aliphatic carbocycles. The number of amides is 4. The first-order valence-electron chi connectivity index (χ1n) is 12.2. The van der Waals surface area contributed by atoms with E-state index in [4.69, 9.17) is 0 Å². The first-order chi connectivity index (χ1) is 18.3. The summed E-state index contributed by atoms with van der Waals surface area (Å²) >= 11 is 0. The fraction of sp³-hybridized carbons (Fsp3) is 0.250. The monoisotopic (exact) mass is 515 g/mol. The number of pyridine rings is 1. The second-order valence-corrected chi connectivity index (χ2v) is 9.20. The summed E-state index contributed by atoms with van der Waals surface area (Å²) in [7, 11) is 0. The molecule has 10 heteroatoms. The molecule has 0 saturated carbocycles. The van der Waals surface area contributed by atoms with Gasteiger partial charge in [0.1, 0.15) is 0 Å². The van der Waals surface area contributed by atoms with Gasteiger partial charge in [0, 0.05) is 43.3 Å². The third-order valence-electron chi connectivity index (χ3n) is 6.23. The van der Waals surface area contributed by atoms with E-state index in [9.17, 15) is 24.3 Å². The molecule has 1 fully saturated rings. The van der Waals surface area contributed by atoms with E-state index < -0.39 is 23.8 Å². The lowest BCUT2D eigenvalue weighted by molar-refractivity contribution is -0.138. The first kappa shape index (κ1) is 26.3. The predicted molar refractivity (Wildman–Crippen MR) is 141 cm³/mol. The molecule has 2 atom stereocenters. The first-order valence-corrected chi connectivity index (χ1v) is 12.2. The number of nitrogens with one attached hydrogen (secondary N) is 3. The van der Waals surface area contributed by atoms with Crippen molar-refractivity contribution in [3.05, 3.63) is 89.7 Å². The Bertz CT molecular complexity index is 1330. The molecule has 4 N–H and O–H groups in total. The molecule has 2 aromatic carbocycles. The maximum Gasteiger partial charge on any atom is 0.319 e. The molecule has 3 aromatic rings. The molecule has 1 aliphatic heterocycles. The molecule has 10 nitrogen and oxygen atoms in total. The van der Waals surface area contributed by atoms with Crippen LogP contribution in [0.15, 0.2) is 73.1 Å². The molecular formula is C28H29N5O5. The highest BCUT2D eigenvalue weighted by Gasteiger charge is 2.36. The number of rotatable bonds is 9. The van der Waals surface area contributed by atoms with Crippen LogP contribution in [0.4, 0.5) is 16.2 Å². The largest absolute Gasteiger partial charge is 0.481 e. The molecule has 2 unspecified atom stereocenters. The van der Waals surface area contributed by atoms with E-state index >= 15 is 0 Å². The molecule has 0 bridgehead atoms. The van der Waals surface area contributed by atoms with Crippen molar-refractivity contribution in [2.45, 2.75) is 32.4 Å². The van der Waals surface area contributed by atoms with Gasteiger partial charge in [0.2, 0.25) is 11.8 Å². The van der Waals surface area contributed by atoms with Crippen molar-refractivity contribution < 1.29 is 24.3 Å². The second-order valence-electron chi connectivity index (χ2n) is 9.20. The number of benzene rings is 2. The van der Waals surface area contributed by atoms with Crippen LogP contribution >= 0.6 is 0 Å². The summed E-state index contributed by atoms with van der Waals surface area (Å²) in [4.78, 5) is 55.0. The van der Waals surface area contributed by atoms with Gasteiger partial charge in [-0.25, -0.2) is 4.79 Å². The van der Waals surface area contributed by atoms with Gasteiger partial charge < -0.3 is 26.0 Å². The number of aromatic nitrogens is 1. The van der Waals surface area contributed by atoms with Gasteiger partial charge in [0.05, 0.1) is 18.4 Å². The fourth-order valence-corrected chi connectivity index (χ4v) is 4.36. The molecule has 1 aromatic heterocycles. The number of nitrogens with zero attached hydrogens (tertiary/aromatic N) is 2. The van der Waals surface area contributed by atoms with Crippen molar-refractivity contribution in [2.75, 3.05) is 16.8 Å². The Morgan fingerprint density at radius 1 is 1.11 bits per heavy atom. The van der Waals surface area contributed by atoms with Crippen LogP contribution in [-0.2, 0) is 20.9 Å². The second kappa shape index (κ2) is 12.0. The van der Waals surface area contributed by atoms with Gasteiger partial charge in [0.25, 0.3) is 0 Å². The van der Waals surface area contributed by atoms with Crippen molar-refractivity contribution in [2.24, 2.45) is 5.92 Å². The van der Waals surface area contributed by atoms with Gasteiger partial charge in [-0.15, -0.1) is 0 Å². The average Bonchev–Trinajstić information content (AvgIpc) is 3.29. The lowest BCUT2D eigenvalue weighted by Crippen LogP contribution is -2.36. The molecule has 196 valence electrons. The molecule has 0 radical (unpaired) electrons. The predicted octanol–water partition coefficient (Wildman–Crippen LogP) is 3.40. The molecule has 4 amide bonds. The van der Waals surface area contributed by atoms with Crippen LogP contribution < -0.4 is 20.9 Å². The van der Waals surface area contributed by atoms with Crippen molar-refractivity contribution in [1.29, 1.82) is 0 Å². The van der Waals surface area contributed by atoms with Crippen LogP contribution in [0.5, 0.6) is 0 Å². The number of carboxylic acid groups (broad SMARTS) is 1.